The van der Waals surface area contributed by atoms with E-state index < -0.39 is 10.0 Å². The molecule has 90 valence electrons. The Morgan fingerprint density at radius 2 is 2.06 bits per heavy atom. The van der Waals surface area contributed by atoms with Gasteiger partial charge < -0.3 is 0 Å². The largest absolute Gasteiger partial charge is 0.266 e. The second-order valence-corrected chi connectivity index (χ2v) is 7.05. The van der Waals surface area contributed by atoms with E-state index in [0.29, 0.717) is 11.4 Å². The third kappa shape index (κ3) is 1.64. The molecule has 2 aliphatic rings. The number of nitrogens with zero attached hydrogens (tertiary/aromatic N) is 1. The van der Waals surface area contributed by atoms with Gasteiger partial charge in [-0.25, -0.2) is 8.42 Å². The Labute approximate surface area is 109 Å². The molecule has 5 heteroatoms. The van der Waals surface area contributed by atoms with E-state index >= 15 is 0 Å². The summed E-state index contributed by atoms with van der Waals surface area (Å²) >= 11 is 3.40. The number of rotatable bonds is 0. The van der Waals surface area contributed by atoms with Crippen LogP contribution in [0.3, 0.4) is 0 Å². The van der Waals surface area contributed by atoms with Gasteiger partial charge in [0.1, 0.15) is 0 Å². The Bertz CT molecular complexity index is 607. The van der Waals surface area contributed by atoms with Crippen molar-refractivity contribution in [1.29, 1.82) is 0 Å². The monoisotopic (exact) mass is 313 g/mol. The van der Waals surface area contributed by atoms with Gasteiger partial charge in [-0.1, -0.05) is 22.0 Å². The molecule has 0 amide bonds. The molecule has 0 aromatic heterocycles. The fraction of sp³-hybridized carbons (Fsp3) is 0.333. The number of allylic oxidation sites excluding steroid dienone is 1. The predicted octanol–water partition coefficient (Wildman–Crippen LogP) is 2.98. The van der Waals surface area contributed by atoms with E-state index in [0.717, 1.165) is 35.0 Å². The number of hydrogen-bond acceptors (Lipinski definition) is 2. The molecule has 17 heavy (non-hydrogen) atoms. The molecular formula is C12H12BrNO2S. The van der Waals surface area contributed by atoms with Crippen molar-refractivity contribution in [2.24, 2.45) is 0 Å². The standard InChI is InChI=1S/C12H12BrNO2S/c13-9-5-6-12-10(8-9)11-4-2-1-3-7-14(11)17(12,15)16/h4-6,8H,1-3,7H2. The van der Waals surface area contributed by atoms with Gasteiger partial charge in [-0.3, -0.25) is 4.31 Å². The van der Waals surface area contributed by atoms with Crippen molar-refractivity contribution in [1.82, 2.24) is 4.31 Å². The summed E-state index contributed by atoms with van der Waals surface area (Å²) in [4.78, 5) is 0.439. The molecule has 2 heterocycles. The van der Waals surface area contributed by atoms with Gasteiger partial charge in [0.15, 0.2) is 0 Å². The van der Waals surface area contributed by atoms with Crippen molar-refractivity contribution >= 4 is 31.7 Å². The molecular weight excluding hydrogens is 302 g/mol. The molecule has 2 aliphatic heterocycles. The van der Waals surface area contributed by atoms with Crippen LogP contribution in [-0.2, 0) is 10.0 Å². The molecule has 0 fully saturated rings. The molecule has 0 spiro atoms. The first-order chi connectivity index (χ1) is 8.10. The smallest absolute Gasteiger partial charge is 0.265 e. The van der Waals surface area contributed by atoms with Gasteiger partial charge in [0.25, 0.3) is 10.0 Å². The highest BCUT2D eigenvalue weighted by atomic mass is 79.9. The quantitative estimate of drug-likeness (QED) is 0.738. The summed E-state index contributed by atoms with van der Waals surface area (Å²) < 4.78 is 27.2. The SMILES string of the molecule is O=S1(=O)c2ccc(Br)cc2C2=CCCCCN21. The number of halogens is 1. The predicted molar refractivity (Wildman–Crippen MR) is 69.9 cm³/mol. The maximum Gasteiger partial charge on any atom is 0.265 e. The Balaban J connectivity index is 2.28. The summed E-state index contributed by atoms with van der Waals surface area (Å²) in [6.07, 6.45) is 4.98. The first-order valence-corrected chi connectivity index (χ1v) is 7.87. The van der Waals surface area contributed by atoms with Gasteiger partial charge in [-0.15, -0.1) is 0 Å². The van der Waals surface area contributed by atoms with E-state index in [1.54, 1.807) is 16.4 Å². The highest BCUT2D eigenvalue weighted by molar-refractivity contribution is 9.10. The molecule has 0 N–H and O–H groups in total. The zero-order chi connectivity index (χ0) is 12.0. The number of sulfonamides is 1. The highest BCUT2D eigenvalue weighted by Crippen LogP contribution is 2.41. The van der Waals surface area contributed by atoms with Gasteiger partial charge in [-0.2, -0.15) is 0 Å². The molecule has 0 bridgehead atoms. The summed E-state index contributed by atoms with van der Waals surface area (Å²) in [6.45, 7) is 0.598. The molecule has 1 aromatic rings. The second-order valence-electron chi connectivity index (χ2n) is 4.30. The minimum atomic E-state index is -3.30. The third-order valence-corrected chi connectivity index (χ3v) is 5.57. The van der Waals surface area contributed by atoms with Crippen LogP contribution >= 0.6 is 15.9 Å². The van der Waals surface area contributed by atoms with Crippen LogP contribution in [0.1, 0.15) is 24.8 Å². The van der Waals surface area contributed by atoms with E-state index in [1.165, 1.54) is 0 Å². The lowest BCUT2D eigenvalue weighted by Gasteiger charge is -2.16. The summed E-state index contributed by atoms with van der Waals surface area (Å²) in [5.41, 5.74) is 1.69. The van der Waals surface area contributed by atoms with E-state index in [4.69, 9.17) is 0 Å². The number of hydrogen-bond donors (Lipinski definition) is 0. The summed E-state index contributed by atoms with van der Waals surface area (Å²) in [6, 6.07) is 5.36. The Kier molecular flexibility index (Phi) is 2.56. The van der Waals surface area contributed by atoms with Crippen LogP contribution in [-0.4, -0.2) is 19.3 Å². The van der Waals surface area contributed by atoms with Crippen LogP contribution in [0.15, 0.2) is 33.6 Å². The average Bonchev–Trinajstić information content (AvgIpc) is 2.49. The summed E-state index contributed by atoms with van der Waals surface area (Å²) in [7, 11) is -3.30. The third-order valence-electron chi connectivity index (χ3n) is 3.21. The molecule has 1 aromatic carbocycles. The molecule has 0 saturated heterocycles. The van der Waals surface area contributed by atoms with Gasteiger partial charge in [-0.05, 0) is 37.5 Å². The Hall–Kier alpha value is -0.810. The van der Waals surface area contributed by atoms with E-state index in [9.17, 15) is 8.42 Å². The number of fused-ring (bicyclic) bond motifs is 3. The van der Waals surface area contributed by atoms with Crippen molar-refractivity contribution < 1.29 is 8.42 Å². The molecule has 3 nitrogen and oxygen atoms in total. The molecule has 3 rings (SSSR count). The minimum Gasteiger partial charge on any atom is -0.266 e. The van der Waals surface area contributed by atoms with Gasteiger partial charge in [0.2, 0.25) is 0 Å². The van der Waals surface area contributed by atoms with Crippen LogP contribution in [0.2, 0.25) is 0 Å². The van der Waals surface area contributed by atoms with Crippen molar-refractivity contribution in [2.75, 3.05) is 6.54 Å². The molecule has 0 saturated carbocycles. The summed E-state index contributed by atoms with van der Waals surface area (Å²) in [5, 5.41) is 0. The molecule has 0 atom stereocenters. The first kappa shape index (κ1) is 11.3. The molecule has 0 radical (unpaired) electrons. The van der Waals surface area contributed by atoms with Crippen molar-refractivity contribution in [3.05, 3.63) is 34.3 Å². The topological polar surface area (TPSA) is 37.4 Å². The fourth-order valence-electron chi connectivity index (χ4n) is 2.40. The van der Waals surface area contributed by atoms with E-state index in [1.807, 2.05) is 12.1 Å². The Morgan fingerprint density at radius 1 is 1.24 bits per heavy atom. The number of benzene rings is 1. The van der Waals surface area contributed by atoms with Crippen LogP contribution in [0.5, 0.6) is 0 Å². The lowest BCUT2D eigenvalue weighted by molar-refractivity contribution is 0.512. The normalized spacial score (nSPS) is 21.5. The van der Waals surface area contributed by atoms with Crippen LogP contribution in [0.4, 0.5) is 0 Å². The first-order valence-electron chi connectivity index (χ1n) is 5.63. The van der Waals surface area contributed by atoms with Gasteiger partial charge in [0, 0.05) is 16.6 Å². The maximum absolute atomic E-state index is 12.4. The van der Waals surface area contributed by atoms with Crippen LogP contribution < -0.4 is 0 Å². The lowest BCUT2D eigenvalue weighted by Crippen LogP contribution is -2.23. The van der Waals surface area contributed by atoms with Gasteiger partial charge in [0.05, 0.1) is 10.6 Å². The van der Waals surface area contributed by atoms with Crippen molar-refractivity contribution in [3.63, 3.8) is 0 Å². The zero-order valence-electron chi connectivity index (χ0n) is 9.19. The van der Waals surface area contributed by atoms with Crippen molar-refractivity contribution in [3.8, 4) is 0 Å². The average molecular weight is 314 g/mol. The van der Waals surface area contributed by atoms with E-state index in [-0.39, 0.29) is 0 Å². The van der Waals surface area contributed by atoms with Gasteiger partial charge >= 0.3 is 0 Å². The van der Waals surface area contributed by atoms with Crippen molar-refractivity contribution in [2.45, 2.75) is 24.2 Å². The summed E-state index contributed by atoms with van der Waals surface area (Å²) in [5.74, 6) is 0. The zero-order valence-corrected chi connectivity index (χ0v) is 11.6. The molecule has 0 unspecified atom stereocenters. The highest BCUT2D eigenvalue weighted by Gasteiger charge is 2.38. The molecule has 0 aliphatic carbocycles. The van der Waals surface area contributed by atoms with Crippen LogP contribution in [0, 0.1) is 0 Å². The minimum absolute atomic E-state index is 0.439. The van der Waals surface area contributed by atoms with Crippen LogP contribution in [0.25, 0.3) is 5.70 Å². The Morgan fingerprint density at radius 3 is 2.88 bits per heavy atom. The maximum atomic E-state index is 12.4. The van der Waals surface area contributed by atoms with E-state index in [2.05, 4.69) is 15.9 Å². The fourth-order valence-corrected chi connectivity index (χ4v) is 4.48. The lowest BCUT2D eigenvalue weighted by atomic mass is 10.1. The second kappa shape index (κ2) is 3.85.